The first kappa shape index (κ1) is 9.24. The zero-order valence-corrected chi connectivity index (χ0v) is 8.12. The molecule has 3 nitrogen and oxygen atoms in total. The molecule has 1 aromatic carbocycles. The number of para-hydroxylation sites is 1. The Hall–Kier alpha value is -1.32. The lowest BCUT2D eigenvalue weighted by atomic mass is 10.1. The van der Waals surface area contributed by atoms with Crippen LogP contribution in [0.15, 0.2) is 28.9 Å². The van der Waals surface area contributed by atoms with Crippen LogP contribution >= 0.6 is 0 Å². The van der Waals surface area contributed by atoms with Gasteiger partial charge in [0.1, 0.15) is 5.58 Å². The molecular formula is C11H13NO2. The molecule has 0 atom stereocenters. The summed E-state index contributed by atoms with van der Waals surface area (Å²) in [5.74, 6) is 5.00. The summed E-state index contributed by atoms with van der Waals surface area (Å²) >= 11 is 0. The maximum atomic E-state index is 5.48. The van der Waals surface area contributed by atoms with Crippen molar-refractivity contribution in [3.8, 4) is 0 Å². The van der Waals surface area contributed by atoms with Crippen LogP contribution < -0.4 is 5.90 Å². The topological polar surface area (TPSA) is 48.4 Å². The minimum atomic E-state index is 0.513. The van der Waals surface area contributed by atoms with Gasteiger partial charge in [0.2, 0.25) is 0 Å². The Morgan fingerprint density at radius 3 is 3.07 bits per heavy atom. The highest BCUT2D eigenvalue weighted by Gasteiger charge is 2.06. The molecular weight excluding hydrogens is 178 g/mol. The zero-order valence-electron chi connectivity index (χ0n) is 8.12. The first-order chi connectivity index (χ1) is 6.83. The minimum Gasteiger partial charge on any atom is -0.464 e. The van der Waals surface area contributed by atoms with Crippen LogP contribution in [0.5, 0.6) is 0 Å². The second kappa shape index (κ2) is 3.82. The van der Waals surface area contributed by atoms with E-state index in [-0.39, 0.29) is 0 Å². The Bertz CT molecular complexity index is 434. The Morgan fingerprint density at radius 1 is 1.43 bits per heavy atom. The number of fused-ring (bicyclic) bond motifs is 1. The predicted molar refractivity (Wildman–Crippen MR) is 54.8 cm³/mol. The highest BCUT2D eigenvalue weighted by atomic mass is 16.6. The van der Waals surface area contributed by atoms with E-state index in [4.69, 9.17) is 10.3 Å². The number of benzene rings is 1. The van der Waals surface area contributed by atoms with Crippen molar-refractivity contribution in [1.82, 2.24) is 0 Å². The van der Waals surface area contributed by atoms with Gasteiger partial charge in [-0.2, -0.15) is 0 Å². The Kier molecular flexibility index (Phi) is 2.52. The van der Waals surface area contributed by atoms with Crippen LogP contribution in [-0.4, -0.2) is 6.61 Å². The molecule has 1 aromatic heterocycles. The van der Waals surface area contributed by atoms with Gasteiger partial charge in [0.25, 0.3) is 0 Å². The van der Waals surface area contributed by atoms with Crippen molar-refractivity contribution in [1.29, 1.82) is 0 Å². The molecule has 3 heteroatoms. The molecule has 1 heterocycles. The molecule has 2 aromatic rings. The van der Waals surface area contributed by atoms with E-state index in [1.807, 2.05) is 19.1 Å². The van der Waals surface area contributed by atoms with Crippen LogP contribution in [0.25, 0.3) is 11.0 Å². The lowest BCUT2D eigenvalue weighted by Gasteiger charge is -2.00. The average molecular weight is 191 g/mol. The zero-order chi connectivity index (χ0) is 9.97. The van der Waals surface area contributed by atoms with E-state index in [1.165, 1.54) is 5.39 Å². The third-order valence-corrected chi connectivity index (χ3v) is 2.36. The van der Waals surface area contributed by atoms with Gasteiger partial charge < -0.3 is 9.25 Å². The fourth-order valence-electron chi connectivity index (χ4n) is 1.61. The van der Waals surface area contributed by atoms with Crippen molar-refractivity contribution in [2.24, 2.45) is 5.90 Å². The molecule has 0 aliphatic heterocycles. The second-order valence-corrected chi connectivity index (χ2v) is 3.33. The summed E-state index contributed by atoms with van der Waals surface area (Å²) in [4.78, 5) is 4.56. The number of nitrogens with two attached hydrogens (primary N) is 1. The fourth-order valence-corrected chi connectivity index (χ4v) is 1.61. The van der Waals surface area contributed by atoms with Gasteiger partial charge in [-0.25, -0.2) is 5.90 Å². The van der Waals surface area contributed by atoms with E-state index in [0.29, 0.717) is 6.61 Å². The first-order valence-corrected chi connectivity index (χ1v) is 4.60. The molecule has 14 heavy (non-hydrogen) atoms. The van der Waals surface area contributed by atoms with Crippen LogP contribution in [0.2, 0.25) is 0 Å². The SMILES string of the molecule is Cc1coc2c(CCON)cccc12. The molecule has 0 saturated heterocycles. The van der Waals surface area contributed by atoms with Crippen LogP contribution in [0.1, 0.15) is 11.1 Å². The molecule has 2 rings (SSSR count). The quantitative estimate of drug-likeness (QED) is 0.756. The molecule has 0 fully saturated rings. The number of hydrogen-bond donors (Lipinski definition) is 1. The van der Waals surface area contributed by atoms with Gasteiger partial charge >= 0.3 is 0 Å². The smallest absolute Gasteiger partial charge is 0.137 e. The van der Waals surface area contributed by atoms with Crippen molar-refractivity contribution >= 4 is 11.0 Å². The van der Waals surface area contributed by atoms with Gasteiger partial charge in [0, 0.05) is 11.8 Å². The summed E-state index contributed by atoms with van der Waals surface area (Å²) in [6, 6.07) is 6.11. The molecule has 0 aliphatic rings. The molecule has 0 saturated carbocycles. The largest absolute Gasteiger partial charge is 0.464 e. The first-order valence-electron chi connectivity index (χ1n) is 4.60. The highest BCUT2D eigenvalue weighted by Crippen LogP contribution is 2.23. The van der Waals surface area contributed by atoms with E-state index in [9.17, 15) is 0 Å². The molecule has 0 bridgehead atoms. The fraction of sp³-hybridized carbons (Fsp3) is 0.273. The number of rotatable bonds is 3. The van der Waals surface area contributed by atoms with Crippen LogP contribution in [0.4, 0.5) is 0 Å². The number of aryl methyl sites for hydroxylation is 1. The summed E-state index contributed by atoms with van der Waals surface area (Å²) in [7, 11) is 0. The normalized spacial score (nSPS) is 11.0. The Labute approximate surface area is 82.4 Å². The van der Waals surface area contributed by atoms with Gasteiger partial charge in [-0.15, -0.1) is 0 Å². The Balaban J connectivity index is 2.44. The second-order valence-electron chi connectivity index (χ2n) is 3.33. The number of hydrogen-bond acceptors (Lipinski definition) is 3. The summed E-state index contributed by atoms with van der Waals surface area (Å²) in [6.07, 6.45) is 2.55. The van der Waals surface area contributed by atoms with Gasteiger partial charge in [-0.05, 0) is 18.1 Å². The third kappa shape index (κ3) is 1.52. The molecule has 74 valence electrons. The molecule has 2 N–H and O–H groups in total. The van der Waals surface area contributed by atoms with Gasteiger partial charge in [-0.3, -0.25) is 0 Å². The molecule has 0 aliphatic carbocycles. The lowest BCUT2D eigenvalue weighted by molar-refractivity contribution is 0.141. The molecule has 0 radical (unpaired) electrons. The number of furan rings is 1. The molecule has 0 unspecified atom stereocenters. The van der Waals surface area contributed by atoms with Crippen LogP contribution in [-0.2, 0) is 11.3 Å². The molecule has 0 amide bonds. The van der Waals surface area contributed by atoms with Gasteiger partial charge in [-0.1, -0.05) is 18.2 Å². The summed E-state index contributed by atoms with van der Waals surface area (Å²) < 4.78 is 5.48. The minimum absolute atomic E-state index is 0.513. The highest BCUT2D eigenvalue weighted by molar-refractivity contribution is 5.83. The van der Waals surface area contributed by atoms with E-state index in [1.54, 1.807) is 6.26 Å². The van der Waals surface area contributed by atoms with Crippen molar-refractivity contribution in [3.63, 3.8) is 0 Å². The summed E-state index contributed by atoms with van der Waals surface area (Å²) in [6.45, 7) is 2.55. The standard InChI is InChI=1S/C11H13NO2/c1-8-7-13-11-9(5-6-14-12)3-2-4-10(8)11/h2-4,7H,5-6,12H2,1H3. The maximum Gasteiger partial charge on any atom is 0.137 e. The predicted octanol–water partition coefficient (Wildman–Crippen LogP) is 2.17. The van der Waals surface area contributed by atoms with E-state index < -0.39 is 0 Å². The van der Waals surface area contributed by atoms with E-state index in [2.05, 4.69) is 10.9 Å². The summed E-state index contributed by atoms with van der Waals surface area (Å²) in [5.41, 5.74) is 3.25. The monoisotopic (exact) mass is 191 g/mol. The Morgan fingerprint density at radius 2 is 2.29 bits per heavy atom. The molecule has 0 spiro atoms. The van der Waals surface area contributed by atoms with Crippen LogP contribution in [0.3, 0.4) is 0 Å². The van der Waals surface area contributed by atoms with Gasteiger partial charge in [0.05, 0.1) is 12.9 Å². The summed E-state index contributed by atoms with van der Waals surface area (Å²) in [5, 5.41) is 1.17. The third-order valence-electron chi connectivity index (χ3n) is 2.36. The van der Waals surface area contributed by atoms with Crippen molar-refractivity contribution in [2.45, 2.75) is 13.3 Å². The van der Waals surface area contributed by atoms with E-state index in [0.717, 1.165) is 23.1 Å². The van der Waals surface area contributed by atoms with Crippen LogP contribution in [0, 0.1) is 6.92 Å². The van der Waals surface area contributed by atoms with E-state index >= 15 is 0 Å². The van der Waals surface area contributed by atoms with Crippen molar-refractivity contribution in [3.05, 3.63) is 35.6 Å². The lowest BCUT2D eigenvalue weighted by Crippen LogP contribution is -2.03. The average Bonchev–Trinajstić information content (AvgIpc) is 2.58. The van der Waals surface area contributed by atoms with Gasteiger partial charge in [0.15, 0.2) is 0 Å². The van der Waals surface area contributed by atoms with Crippen molar-refractivity contribution in [2.75, 3.05) is 6.61 Å². The maximum absolute atomic E-state index is 5.48. The van der Waals surface area contributed by atoms with Crippen molar-refractivity contribution < 1.29 is 9.25 Å².